The third-order valence-electron chi connectivity index (χ3n) is 3.11. The van der Waals surface area contributed by atoms with Gasteiger partial charge in [-0.1, -0.05) is 0 Å². The van der Waals surface area contributed by atoms with Crippen LogP contribution in [0.4, 0.5) is 5.69 Å². The molecule has 0 heterocycles. The fourth-order valence-electron chi connectivity index (χ4n) is 1.99. The molecule has 1 aromatic carbocycles. The number of nitrogens with two attached hydrogens (primary N) is 1. The lowest BCUT2D eigenvalue weighted by Gasteiger charge is -2.20. The lowest BCUT2D eigenvalue weighted by atomic mass is 10.3. The Morgan fingerprint density at radius 1 is 1.39 bits per heavy atom. The predicted molar refractivity (Wildman–Crippen MR) is 71.4 cm³/mol. The van der Waals surface area contributed by atoms with E-state index in [4.69, 9.17) is 10.5 Å². The Balaban J connectivity index is 1.74. The average Bonchev–Trinajstić information content (AvgIpc) is 3.17. The van der Waals surface area contributed by atoms with E-state index in [0.717, 1.165) is 25.1 Å². The van der Waals surface area contributed by atoms with Gasteiger partial charge < -0.3 is 15.4 Å². The van der Waals surface area contributed by atoms with Gasteiger partial charge in [0.1, 0.15) is 5.75 Å². The number of amides is 1. The largest absolute Gasteiger partial charge is 0.493 e. The molecule has 1 saturated carbocycles. The van der Waals surface area contributed by atoms with Gasteiger partial charge in [0.2, 0.25) is 5.91 Å². The fourth-order valence-corrected chi connectivity index (χ4v) is 1.99. The van der Waals surface area contributed by atoms with Gasteiger partial charge in [-0.05, 0) is 44.0 Å². The maximum atomic E-state index is 11.9. The molecule has 1 aliphatic carbocycles. The molecule has 0 aliphatic heterocycles. The molecule has 0 saturated heterocycles. The van der Waals surface area contributed by atoms with Crippen LogP contribution in [-0.2, 0) is 4.79 Å². The van der Waals surface area contributed by atoms with Crippen LogP contribution < -0.4 is 10.5 Å². The molecule has 0 atom stereocenters. The summed E-state index contributed by atoms with van der Waals surface area (Å²) in [5.41, 5.74) is 6.30. The van der Waals surface area contributed by atoms with Crippen molar-refractivity contribution in [3.05, 3.63) is 24.3 Å². The van der Waals surface area contributed by atoms with Crippen LogP contribution in [0.3, 0.4) is 0 Å². The summed E-state index contributed by atoms with van der Waals surface area (Å²) in [6.45, 7) is 3.24. The van der Waals surface area contributed by atoms with E-state index < -0.39 is 0 Å². The van der Waals surface area contributed by atoms with Crippen molar-refractivity contribution in [1.29, 1.82) is 0 Å². The zero-order valence-electron chi connectivity index (χ0n) is 10.8. The number of anilines is 1. The van der Waals surface area contributed by atoms with Crippen LogP contribution in [0.5, 0.6) is 5.75 Å². The highest BCUT2D eigenvalue weighted by Gasteiger charge is 2.30. The smallest absolute Gasteiger partial charge is 0.226 e. The molecule has 0 unspecified atom stereocenters. The summed E-state index contributed by atoms with van der Waals surface area (Å²) in [5.74, 6) is 0.946. The van der Waals surface area contributed by atoms with E-state index in [2.05, 4.69) is 0 Å². The molecule has 2 N–H and O–H groups in total. The molecular formula is C14H20N2O2. The van der Waals surface area contributed by atoms with Crippen molar-refractivity contribution in [2.75, 3.05) is 18.9 Å². The Morgan fingerprint density at radius 2 is 2.06 bits per heavy atom. The Kier molecular flexibility index (Phi) is 4.07. The number of nitrogen functional groups attached to an aromatic ring is 1. The predicted octanol–water partition coefficient (Wildman–Crippen LogP) is 2.05. The highest BCUT2D eigenvalue weighted by atomic mass is 16.5. The van der Waals surface area contributed by atoms with Crippen LogP contribution in [0, 0.1) is 0 Å². The second kappa shape index (κ2) is 5.76. The van der Waals surface area contributed by atoms with E-state index in [1.165, 1.54) is 0 Å². The summed E-state index contributed by atoms with van der Waals surface area (Å²) in [7, 11) is 0. The molecular weight excluding hydrogens is 228 g/mol. The van der Waals surface area contributed by atoms with Crippen molar-refractivity contribution in [2.24, 2.45) is 0 Å². The second-order valence-electron chi connectivity index (χ2n) is 4.58. The van der Waals surface area contributed by atoms with Crippen molar-refractivity contribution < 1.29 is 9.53 Å². The van der Waals surface area contributed by atoms with Gasteiger partial charge in [-0.25, -0.2) is 0 Å². The molecule has 1 fully saturated rings. The normalized spacial score (nSPS) is 14.3. The molecule has 0 spiro atoms. The van der Waals surface area contributed by atoms with E-state index in [1.54, 1.807) is 12.1 Å². The Morgan fingerprint density at radius 3 is 2.61 bits per heavy atom. The van der Waals surface area contributed by atoms with Crippen LogP contribution in [0.25, 0.3) is 0 Å². The Labute approximate surface area is 108 Å². The molecule has 1 aliphatic rings. The van der Waals surface area contributed by atoms with Crippen molar-refractivity contribution >= 4 is 11.6 Å². The summed E-state index contributed by atoms with van der Waals surface area (Å²) in [4.78, 5) is 13.9. The monoisotopic (exact) mass is 248 g/mol. The van der Waals surface area contributed by atoms with Gasteiger partial charge in [0.15, 0.2) is 0 Å². The minimum Gasteiger partial charge on any atom is -0.493 e. The summed E-state index contributed by atoms with van der Waals surface area (Å²) in [6.07, 6.45) is 2.74. The van der Waals surface area contributed by atoms with Gasteiger partial charge in [0, 0.05) is 18.3 Å². The standard InChI is InChI=1S/C14H20N2O2/c1-2-16(12-5-6-12)14(17)9-10-18-13-7-3-11(15)4-8-13/h3-4,7-8,12H,2,5-6,9-10,15H2,1H3. The SMILES string of the molecule is CCN(C(=O)CCOc1ccc(N)cc1)C1CC1. The number of hydrogen-bond donors (Lipinski definition) is 1. The van der Waals surface area contributed by atoms with Crippen LogP contribution in [-0.4, -0.2) is 30.0 Å². The molecule has 98 valence electrons. The van der Waals surface area contributed by atoms with E-state index in [9.17, 15) is 4.79 Å². The summed E-state index contributed by atoms with van der Waals surface area (Å²) >= 11 is 0. The Hall–Kier alpha value is -1.71. The molecule has 4 nitrogen and oxygen atoms in total. The first-order valence-electron chi connectivity index (χ1n) is 6.48. The van der Waals surface area contributed by atoms with Crippen molar-refractivity contribution in [3.8, 4) is 5.75 Å². The number of carbonyl (C=O) groups excluding carboxylic acids is 1. The van der Waals surface area contributed by atoms with Gasteiger partial charge in [0.05, 0.1) is 13.0 Å². The van der Waals surface area contributed by atoms with Gasteiger partial charge in [-0.3, -0.25) is 4.79 Å². The summed E-state index contributed by atoms with van der Waals surface area (Å²) < 4.78 is 5.52. The molecule has 0 bridgehead atoms. The maximum absolute atomic E-state index is 11.9. The Bertz CT molecular complexity index is 399. The van der Waals surface area contributed by atoms with Gasteiger partial charge in [0.25, 0.3) is 0 Å². The van der Waals surface area contributed by atoms with Crippen LogP contribution in [0.1, 0.15) is 26.2 Å². The van der Waals surface area contributed by atoms with E-state index in [1.807, 2.05) is 24.0 Å². The van der Waals surface area contributed by atoms with Crippen LogP contribution in [0.2, 0.25) is 0 Å². The lowest BCUT2D eigenvalue weighted by Crippen LogP contribution is -2.33. The molecule has 4 heteroatoms. The number of rotatable bonds is 6. The topological polar surface area (TPSA) is 55.6 Å². The number of benzene rings is 1. The maximum Gasteiger partial charge on any atom is 0.226 e. The van der Waals surface area contributed by atoms with Crippen LogP contribution >= 0.6 is 0 Å². The van der Waals surface area contributed by atoms with Crippen molar-refractivity contribution in [2.45, 2.75) is 32.2 Å². The number of carbonyl (C=O) groups is 1. The average molecular weight is 248 g/mol. The summed E-state index contributed by atoms with van der Waals surface area (Å²) in [6, 6.07) is 7.70. The van der Waals surface area contributed by atoms with Crippen molar-refractivity contribution in [1.82, 2.24) is 4.90 Å². The zero-order valence-corrected chi connectivity index (χ0v) is 10.8. The third kappa shape index (κ3) is 3.39. The minimum absolute atomic E-state index is 0.190. The van der Waals surface area contributed by atoms with Gasteiger partial charge in [-0.2, -0.15) is 0 Å². The fraction of sp³-hybridized carbons (Fsp3) is 0.500. The van der Waals surface area contributed by atoms with Gasteiger partial charge in [-0.15, -0.1) is 0 Å². The number of hydrogen-bond acceptors (Lipinski definition) is 3. The van der Waals surface area contributed by atoms with E-state index in [0.29, 0.717) is 24.8 Å². The first-order valence-corrected chi connectivity index (χ1v) is 6.48. The lowest BCUT2D eigenvalue weighted by molar-refractivity contribution is -0.132. The minimum atomic E-state index is 0.190. The quantitative estimate of drug-likeness (QED) is 0.784. The molecule has 2 rings (SSSR count). The first-order chi connectivity index (χ1) is 8.70. The highest BCUT2D eigenvalue weighted by Crippen LogP contribution is 2.27. The van der Waals surface area contributed by atoms with Crippen LogP contribution in [0.15, 0.2) is 24.3 Å². The zero-order chi connectivity index (χ0) is 13.0. The molecule has 18 heavy (non-hydrogen) atoms. The number of nitrogens with zero attached hydrogens (tertiary/aromatic N) is 1. The first kappa shape index (κ1) is 12.7. The molecule has 0 radical (unpaired) electrons. The van der Waals surface area contributed by atoms with Gasteiger partial charge >= 0.3 is 0 Å². The summed E-state index contributed by atoms with van der Waals surface area (Å²) in [5, 5.41) is 0. The molecule has 0 aromatic heterocycles. The second-order valence-corrected chi connectivity index (χ2v) is 4.58. The molecule has 1 aromatic rings. The van der Waals surface area contributed by atoms with E-state index in [-0.39, 0.29) is 5.91 Å². The highest BCUT2D eigenvalue weighted by molar-refractivity contribution is 5.77. The van der Waals surface area contributed by atoms with E-state index >= 15 is 0 Å². The molecule has 1 amide bonds. The third-order valence-corrected chi connectivity index (χ3v) is 3.11. The van der Waals surface area contributed by atoms with Crippen molar-refractivity contribution in [3.63, 3.8) is 0 Å². The number of ether oxygens (including phenoxy) is 1.